The molecule has 0 saturated heterocycles. The third-order valence-corrected chi connectivity index (χ3v) is 3.53. The Balaban J connectivity index is 1.94. The van der Waals surface area contributed by atoms with Crippen molar-refractivity contribution in [2.24, 2.45) is 0 Å². The van der Waals surface area contributed by atoms with Crippen molar-refractivity contribution in [3.05, 3.63) is 59.7 Å². The minimum Gasteiger partial charge on any atom is -0.494 e. The normalized spacial score (nSPS) is 10.2. The molecule has 0 aromatic heterocycles. The minimum atomic E-state index is -0.203. The lowest BCUT2D eigenvalue weighted by atomic mass is 10.1. The average molecular weight is 340 g/mol. The molecular formula is C20H24N2O3. The van der Waals surface area contributed by atoms with Crippen LogP contribution in [0.15, 0.2) is 48.5 Å². The number of benzene rings is 2. The van der Waals surface area contributed by atoms with E-state index in [1.54, 1.807) is 48.5 Å². The van der Waals surface area contributed by atoms with Gasteiger partial charge in [0.15, 0.2) is 0 Å². The van der Waals surface area contributed by atoms with E-state index in [0.717, 1.165) is 18.6 Å². The molecular weight excluding hydrogens is 316 g/mol. The first-order valence-electron chi connectivity index (χ1n) is 8.56. The van der Waals surface area contributed by atoms with Gasteiger partial charge in [0.05, 0.1) is 6.61 Å². The van der Waals surface area contributed by atoms with Crippen LogP contribution in [0.2, 0.25) is 0 Å². The van der Waals surface area contributed by atoms with Crippen LogP contribution in [0.3, 0.4) is 0 Å². The number of carbonyl (C=O) groups is 2. The molecule has 0 atom stereocenters. The predicted molar refractivity (Wildman–Crippen MR) is 99.2 cm³/mol. The van der Waals surface area contributed by atoms with Gasteiger partial charge < -0.3 is 15.4 Å². The average Bonchev–Trinajstić information content (AvgIpc) is 2.65. The van der Waals surface area contributed by atoms with Crippen LogP contribution < -0.4 is 15.4 Å². The van der Waals surface area contributed by atoms with Crippen molar-refractivity contribution in [2.75, 3.05) is 18.5 Å². The fourth-order valence-corrected chi connectivity index (χ4v) is 2.17. The zero-order chi connectivity index (χ0) is 18.1. The zero-order valence-corrected chi connectivity index (χ0v) is 14.7. The molecule has 25 heavy (non-hydrogen) atoms. The smallest absolute Gasteiger partial charge is 0.255 e. The summed E-state index contributed by atoms with van der Waals surface area (Å²) in [7, 11) is 0. The van der Waals surface area contributed by atoms with E-state index in [1.807, 2.05) is 13.8 Å². The van der Waals surface area contributed by atoms with E-state index in [9.17, 15) is 9.59 Å². The number of ether oxygens (including phenoxy) is 1. The van der Waals surface area contributed by atoms with Crippen molar-refractivity contribution in [3.63, 3.8) is 0 Å². The molecule has 2 N–H and O–H groups in total. The standard InChI is InChI=1S/C20H24N2O3/c1-3-13-21-19(23)15-5-9-17(10-6-15)22-20(24)16-7-11-18(12-8-16)25-14-4-2/h5-12H,3-4,13-14H2,1-2H3,(H,21,23)(H,22,24). The van der Waals surface area contributed by atoms with E-state index in [1.165, 1.54) is 0 Å². The van der Waals surface area contributed by atoms with Crippen molar-refractivity contribution < 1.29 is 14.3 Å². The molecule has 132 valence electrons. The Labute approximate surface area is 148 Å². The Morgan fingerprint density at radius 2 is 1.44 bits per heavy atom. The van der Waals surface area contributed by atoms with Crippen LogP contribution in [0.5, 0.6) is 5.75 Å². The summed E-state index contributed by atoms with van der Waals surface area (Å²) in [4.78, 5) is 24.1. The van der Waals surface area contributed by atoms with Gasteiger partial charge in [-0.1, -0.05) is 13.8 Å². The summed E-state index contributed by atoms with van der Waals surface area (Å²) in [6.45, 7) is 5.35. The third kappa shape index (κ3) is 5.64. The Hall–Kier alpha value is -2.82. The summed E-state index contributed by atoms with van der Waals surface area (Å²) in [5, 5.41) is 5.64. The lowest BCUT2D eigenvalue weighted by Gasteiger charge is -2.08. The number of carbonyl (C=O) groups excluding carboxylic acids is 2. The van der Waals surface area contributed by atoms with Crippen LogP contribution in [-0.4, -0.2) is 25.0 Å². The van der Waals surface area contributed by atoms with Crippen molar-refractivity contribution in [1.29, 1.82) is 0 Å². The molecule has 0 bridgehead atoms. The molecule has 5 nitrogen and oxygen atoms in total. The molecule has 5 heteroatoms. The van der Waals surface area contributed by atoms with E-state index in [4.69, 9.17) is 4.74 Å². The van der Waals surface area contributed by atoms with Gasteiger partial charge in [-0.25, -0.2) is 0 Å². The first kappa shape index (κ1) is 18.5. The third-order valence-electron chi connectivity index (χ3n) is 3.53. The minimum absolute atomic E-state index is 0.109. The van der Waals surface area contributed by atoms with Crippen molar-refractivity contribution >= 4 is 17.5 Å². The van der Waals surface area contributed by atoms with Crippen molar-refractivity contribution in [2.45, 2.75) is 26.7 Å². The summed E-state index contributed by atoms with van der Waals surface area (Å²) in [6, 6.07) is 13.9. The summed E-state index contributed by atoms with van der Waals surface area (Å²) < 4.78 is 5.50. The number of anilines is 1. The van der Waals surface area contributed by atoms with Crippen LogP contribution in [0.25, 0.3) is 0 Å². The SMILES string of the molecule is CCCNC(=O)c1ccc(NC(=O)c2ccc(OCCC)cc2)cc1. The number of hydrogen-bond acceptors (Lipinski definition) is 3. The second kappa shape index (κ2) is 9.47. The van der Waals surface area contributed by atoms with Gasteiger partial charge in [0, 0.05) is 23.4 Å². The Bertz CT molecular complexity index is 694. The molecule has 2 rings (SSSR count). The van der Waals surface area contributed by atoms with Crippen LogP contribution in [0.1, 0.15) is 47.4 Å². The van der Waals surface area contributed by atoms with Gasteiger partial charge in [0.2, 0.25) is 0 Å². The quantitative estimate of drug-likeness (QED) is 0.766. The fourth-order valence-electron chi connectivity index (χ4n) is 2.17. The maximum atomic E-state index is 12.3. The molecule has 0 spiro atoms. The van der Waals surface area contributed by atoms with E-state index in [2.05, 4.69) is 10.6 Å². The van der Waals surface area contributed by atoms with Crippen molar-refractivity contribution in [1.82, 2.24) is 5.32 Å². The topological polar surface area (TPSA) is 67.4 Å². The second-order valence-electron chi connectivity index (χ2n) is 5.66. The highest BCUT2D eigenvalue weighted by Crippen LogP contribution is 2.15. The lowest BCUT2D eigenvalue weighted by Crippen LogP contribution is -2.23. The molecule has 0 aliphatic carbocycles. The fraction of sp³-hybridized carbons (Fsp3) is 0.300. The van der Waals surface area contributed by atoms with Gasteiger partial charge in [-0.2, -0.15) is 0 Å². The summed E-state index contributed by atoms with van der Waals surface area (Å²) in [5.41, 5.74) is 1.76. The molecule has 0 radical (unpaired) electrons. The molecule has 2 amide bonds. The van der Waals surface area contributed by atoms with E-state index in [-0.39, 0.29) is 11.8 Å². The molecule has 2 aromatic rings. The lowest BCUT2D eigenvalue weighted by molar-refractivity contribution is 0.0953. The highest BCUT2D eigenvalue weighted by atomic mass is 16.5. The van der Waals surface area contributed by atoms with E-state index in [0.29, 0.717) is 30.0 Å². The van der Waals surface area contributed by atoms with Gasteiger partial charge in [0.25, 0.3) is 11.8 Å². The molecule has 0 aliphatic heterocycles. The molecule has 0 saturated carbocycles. The molecule has 0 heterocycles. The molecule has 0 fully saturated rings. The monoisotopic (exact) mass is 340 g/mol. The highest BCUT2D eigenvalue weighted by Gasteiger charge is 2.08. The number of amides is 2. The Morgan fingerprint density at radius 1 is 0.840 bits per heavy atom. The summed E-state index contributed by atoms with van der Waals surface area (Å²) in [5.74, 6) is 0.438. The van der Waals surface area contributed by atoms with Gasteiger partial charge in [-0.3, -0.25) is 9.59 Å². The molecule has 0 unspecified atom stereocenters. The van der Waals surface area contributed by atoms with Crippen LogP contribution >= 0.6 is 0 Å². The van der Waals surface area contributed by atoms with Crippen LogP contribution in [-0.2, 0) is 0 Å². The summed E-state index contributed by atoms with van der Waals surface area (Å²) in [6.07, 6.45) is 1.83. The highest BCUT2D eigenvalue weighted by molar-refractivity contribution is 6.04. The maximum Gasteiger partial charge on any atom is 0.255 e. The van der Waals surface area contributed by atoms with Gasteiger partial charge >= 0.3 is 0 Å². The number of hydrogen-bond donors (Lipinski definition) is 2. The zero-order valence-electron chi connectivity index (χ0n) is 14.7. The number of nitrogens with one attached hydrogen (secondary N) is 2. The van der Waals surface area contributed by atoms with Crippen molar-refractivity contribution in [3.8, 4) is 5.75 Å². The van der Waals surface area contributed by atoms with E-state index >= 15 is 0 Å². The van der Waals surface area contributed by atoms with E-state index < -0.39 is 0 Å². The van der Waals surface area contributed by atoms with Gasteiger partial charge in [-0.05, 0) is 61.4 Å². The molecule has 2 aromatic carbocycles. The van der Waals surface area contributed by atoms with Crippen LogP contribution in [0, 0.1) is 0 Å². The largest absolute Gasteiger partial charge is 0.494 e. The second-order valence-corrected chi connectivity index (χ2v) is 5.66. The predicted octanol–water partition coefficient (Wildman–Crippen LogP) is 3.87. The molecule has 0 aliphatic rings. The Kier molecular flexibility index (Phi) is 7.01. The number of rotatable bonds is 8. The van der Waals surface area contributed by atoms with Gasteiger partial charge in [-0.15, -0.1) is 0 Å². The van der Waals surface area contributed by atoms with Gasteiger partial charge in [0.1, 0.15) is 5.75 Å². The maximum absolute atomic E-state index is 12.3. The first-order chi connectivity index (χ1) is 12.1. The first-order valence-corrected chi connectivity index (χ1v) is 8.56. The van der Waals surface area contributed by atoms with Crippen LogP contribution in [0.4, 0.5) is 5.69 Å². The summed E-state index contributed by atoms with van der Waals surface area (Å²) >= 11 is 0. The Morgan fingerprint density at radius 3 is 2.04 bits per heavy atom.